The molecule has 0 unspecified atom stereocenters. The molecule has 0 aliphatic heterocycles. The highest BCUT2D eigenvalue weighted by atomic mass is 35.5. The van der Waals surface area contributed by atoms with Gasteiger partial charge < -0.3 is 14.8 Å². The topological polar surface area (TPSA) is 73.3 Å². The van der Waals surface area contributed by atoms with Crippen LogP contribution in [0.2, 0.25) is 5.15 Å². The van der Waals surface area contributed by atoms with Crippen molar-refractivity contribution in [3.05, 3.63) is 17.0 Å². The van der Waals surface area contributed by atoms with Crippen molar-refractivity contribution in [1.29, 1.82) is 0 Å². The summed E-state index contributed by atoms with van der Waals surface area (Å²) in [5.41, 5.74) is -0.542. The highest BCUT2D eigenvalue weighted by Gasteiger charge is 2.15. The van der Waals surface area contributed by atoms with Crippen LogP contribution in [-0.2, 0) is 4.74 Å². The van der Waals surface area contributed by atoms with Crippen LogP contribution < -0.4 is 10.1 Å². The van der Waals surface area contributed by atoms with Crippen LogP contribution in [0.25, 0.3) is 0 Å². The van der Waals surface area contributed by atoms with Gasteiger partial charge in [-0.2, -0.15) is 4.98 Å². The molecular weight excluding hydrogens is 294 g/mol. The minimum Gasteiger partial charge on any atom is -0.478 e. The first-order valence-corrected chi connectivity index (χ1v) is 6.81. The second-order valence-corrected chi connectivity index (χ2v) is 5.33. The van der Waals surface area contributed by atoms with E-state index in [0.717, 1.165) is 0 Å². The van der Waals surface area contributed by atoms with E-state index in [4.69, 9.17) is 21.1 Å². The summed E-state index contributed by atoms with van der Waals surface area (Å²) in [5, 5.41) is 2.76. The third-order valence-corrected chi connectivity index (χ3v) is 2.08. The number of carbonyl (C=O) groups excluding carboxylic acids is 1. The monoisotopic (exact) mass is 311 g/mol. The first-order valence-electron chi connectivity index (χ1n) is 6.43. The van der Waals surface area contributed by atoms with E-state index in [1.807, 2.05) is 6.92 Å². The zero-order chi connectivity index (χ0) is 15.9. The van der Waals surface area contributed by atoms with Crippen molar-refractivity contribution in [2.75, 3.05) is 13.2 Å². The van der Waals surface area contributed by atoms with Gasteiger partial charge >= 0.3 is 6.09 Å². The standard InChI is InChI=1S/C14H18ClN3O3/c1-5-20-12-9-10(15)17-11(18-12)7-6-8-16-13(19)21-14(2,3)4/h9H,5,8H2,1-4H3,(H,16,19). The van der Waals surface area contributed by atoms with Crippen LogP contribution in [0.3, 0.4) is 0 Å². The Labute approximate surface area is 129 Å². The van der Waals surface area contributed by atoms with Gasteiger partial charge in [-0.15, -0.1) is 0 Å². The van der Waals surface area contributed by atoms with Crippen molar-refractivity contribution < 1.29 is 14.3 Å². The molecule has 1 amide bonds. The Morgan fingerprint density at radius 2 is 2.14 bits per heavy atom. The van der Waals surface area contributed by atoms with Crippen molar-refractivity contribution in [1.82, 2.24) is 15.3 Å². The van der Waals surface area contributed by atoms with Gasteiger partial charge in [0.15, 0.2) is 0 Å². The van der Waals surface area contributed by atoms with E-state index in [1.165, 1.54) is 6.07 Å². The van der Waals surface area contributed by atoms with Gasteiger partial charge in [-0.1, -0.05) is 17.5 Å². The lowest BCUT2D eigenvalue weighted by molar-refractivity contribution is 0.0535. The molecule has 1 aromatic rings. The number of halogens is 1. The maximum Gasteiger partial charge on any atom is 0.408 e. The van der Waals surface area contributed by atoms with Crippen molar-refractivity contribution in [2.45, 2.75) is 33.3 Å². The van der Waals surface area contributed by atoms with E-state index in [1.54, 1.807) is 20.8 Å². The first-order chi connectivity index (χ1) is 9.80. The highest BCUT2D eigenvalue weighted by Crippen LogP contribution is 2.13. The molecule has 0 atom stereocenters. The Balaban J connectivity index is 2.57. The number of carbonyl (C=O) groups is 1. The molecule has 0 aliphatic carbocycles. The SMILES string of the molecule is CCOc1cc(Cl)nc(C#CCNC(=O)OC(C)(C)C)n1. The molecule has 0 fully saturated rings. The van der Waals surface area contributed by atoms with Gasteiger partial charge in [0.1, 0.15) is 10.8 Å². The molecule has 1 aromatic heterocycles. The number of amides is 1. The second-order valence-electron chi connectivity index (χ2n) is 4.94. The van der Waals surface area contributed by atoms with E-state index in [0.29, 0.717) is 12.5 Å². The minimum absolute atomic E-state index is 0.120. The number of hydrogen-bond acceptors (Lipinski definition) is 5. The van der Waals surface area contributed by atoms with Gasteiger partial charge in [0.05, 0.1) is 13.2 Å². The van der Waals surface area contributed by atoms with Gasteiger partial charge in [-0.05, 0) is 33.6 Å². The maximum absolute atomic E-state index is 11.4. The summed E-state index contributed by atoms with van der Waals surface area (Å²) in [6.07, 6.45) is -0.529. The van der Waals surface area contributed by atoms with Crippen LogP contribution in [0.5, 0.6) is 5.88 Å². The molecule has 114 valence electrons. The predicted molar refractivity (Wildman–Crippen MR) is 79.3 cm³/mol. The van der Waals surface area contributed by atoms with Crippen molar-refractivity contribution in [3.8, 4) is 17.7 Å². The van der Waals surface area contributed by atoms with Crippen LogP contribution in [0.1, 0.15) is 33.5 Å². The Kier molecular flexibility index (Phi) is 6.25. The minimum atomic E-state index is -0.542. The van der Waals surface area contributed by atoms with Crippen LogP contribution in [0.15, 0.2) is 6.07 Å². The fourth-order valence-electron chi connectivity index (χ4n) is 1.23. The fraction of sp³-hybridized carbons (Fsp3) is 0.500. The zero-order valence-electron chi connectivity index (χ0n) is 12.5. The number of alkyl carbamates (subject to hydrolysis) is 1. The normalized spacial score (nSPS) is 10.3. The summed E-state index contributed by atoms with van der Waals surface area (Å²) in [6.45, 7) is 7.79. The number of aromatic nitrogens is 2. The second kappa shape index (κ2) is 7.70. The summed E-state index contributed by atoms with van der Waals surface area (Å²) in [7, 11) is 0. The predicted octanol–water partition coefficient (Wildman–Crippen LogP) is 2.40. The third-order valence-electron chi connectivity index (χ3n) is 1.88. The summed E-state index contributed by atoms with van der Waals surface area (Å²) in [6, 6.07) is 1.51. The number of rotatable bonds is 3. The van der Waals surface area contributed by atoms with E-state index < -0.39 is 11.7 Å². The summed E-state index contributed by atoms with van der Waals surface area (Å²) < 4.78 is 10.3. The number of ether oxygens (including phenoxy) is 2. The molecule has 0 aromatic carbocycles. The number of nitrogens with zero attached hydrogens (tertiary/aromatic N) is 2. The molecule has 0 bridgehead atoms. The Hall–Kier alpha value is -2.00. The number of hydrogen-bond donors (Lipinski definition) is 1. The summed E-state index contributed by atoms with van der Waals surface area (Å²) in [4.78, 5) is 19.4. The lowest BCUT2D eigenvalue weighted by Gasteiger charge is -2.18. The van der Waals surface area contributed by atoms with Gasteiger partial charge in [-0.25, -0.2) is 9.78 Å². The molecular formula is C14H18ClN3O3. The summed E-state index contributed by atoms with van der Waals surface area (Å²) in [5.74, 6) is 6.01. The zero-order valence-corrected chi connectivity index (χ0v) is 13.2. The molecule has 21 heavy (non-hydrogen) atoms. The van der Waals surface area contributed by atoms with E-state index in [2.05, 4.69) is 27.1 Å². The van der Waals surface area contributed by atoms with Gasteiger partial charge in [0, 0.05) is 6.07 Å². The lowest BCUT2D eigenvalue weighted by atomic mass is 10.2. The quantitative estimate of drug-likeness (QED) is 0.685. The average Bonchev–Trinajstić information content (AvgIpc) is 2.32. The highest BCUT2D eigenvalue weighted by molar-refractivity contribution is 6.29. The number of nitrogens with one attached hydrogen (secondary N) is 1. The Morgan fingerprint density at radius 3 is 2.76 bits per heavy atom. The third kappa shape index (κ3) is 7.37. The Bertz CT molecular complexity index is 559. The Morgan fingerprint density at radius 1 is 1.43 bits per heavy atom. The van der Waals surface area contributed by atoms with E-state index >= 15 is 0 Å². The molecule has 7 heteroatoms. The first kappa shape index (κ1) is 17.1. The van der Waals surface area contributed by atoms with Crippen molar-refractivity contribution >= 4 is 17.7 Å². The van der Waals surface area contributed by atoms with Crippen LogP contribution in [0, 0.1) is 11.8 Å². The van der Waals surface area contributed by atoms with Crippen molar-refractivity contribution in [2.24, 2.45) is 0 Å². The van der Waals surface area contributed by atoms with Crippen LogP contribution >= 0.6 is 11.6 Å². The van der Waals surface area contributed by atoms with Crippen molar-refractivity contribution in [3.63, 3.8) is 0 Å². The van der Waals surface area contributed by atoms with Crippen LogP contribution in [-0.4, -0.2) is 34.8 Å². The molecule has 6 nitrogen and oxygen atoms in total. The van der Waals surface area contributed by atoms with Crippen LogP contribution in [0.4, 0.5) is 4.79 Å². The molecule has 0 radical (unpaired) electrons. The van der Waals surface area contributed by atoms with Gasteiger partial charge in [0.2, 0.25) is 11.7 Å². The molecule has 0 spiro atoms. The molecule has 0 saturated heterocycles. The summed E-state index contributed by atoms with van der Waals surface area (Å²) >= 11 is 5.83. The average molecular weight is 312 g/mol. The van der Waals surface area contributed by atoms with Gasteiger partial charge in [-0.3, -0.25) is 0 Å². The van der Waals surface area contributed by atoms with E-state index in [9.17, 15) is 4.79 Å². The molecule has 1 rings (SSSR count). The van der Waals surface area contributed by atoms with E-state index in [-0.39, 0.29) is 17.5 Å². The largest absolute Gasteiger partial charge is 0.478 e. The lowest BCUT2D eigenvalue weighted by Crippen LogP contribution is -2.32. The maximum atomic E-state index is 11.4. The smallest absolute Gasteiger partial charge is 0.408 e. The molecule has 0 aliphatic rings. The molecule has 1 N–H and O–H groups in total. The molecule has 0 saturated carbocycles. The van der Waals surface area contributed by atoms with Gasteiger partial charge in [0.25, 0.3) is 0 Å². The molecule has 1 heterocycles. The fourth-order valence-corrected chi connectivity index (χ4v) is 1.40.